The summed E-state index contributed by atoms with van der Waals surface area (Å²) in [7, 11) is 1.85. The quantitative estimate of drug-likeness (QED) is 0.620. The Hall–Kier alpha value is -2.01. The van der Waals surface area contributed by atoms with Gasteiger partial charge in [-0.05, 0) is 35.9 Å². The van der Waals surface area contributed by atoms with Crippen LogP contribution in [0, 0.1) is 0 Å². The average Bonchev–Trinajstić information content (AvgIpc) is 3.21. The van der Waals surface area contributed by atoms with Crippen LogP contribution in [-0.4, -0.2) is 38.7 Å². The summed E-state index contributed by atoms with van der Waals surface area (Å²) >= 11 is 1.83. The predicted octanol–water partition coefficient (Wildman–Crippen LogP) is 3.86. The van der Waals surface area contributed by atoms with Gasteiger partial charge in [-0.15, -0.1) is 11.3 Å². The molecular weight excluding hydrogens is 340 g/mol. The van der Waals surface area contributed by atoms with E-state index in [-0.39, 0.29) is 5.41 Å². The van der Waals surface area contributed by atoms with Crippen molar-refractivity contribution in [3.8, 4) is 0 Å². The summed E-state index contributed by atoms with van der Waals surface area (Å²) in [5.41, 5.74) is 1.40. The van der Waals surface area contributed by atoms with E-state index in [0.717, 1.165) is 38.4 Å². The summed E-state index contributed by atoms with van der Waals surface area (Å²) in [4.78, 5) is 6.91. The molecule has 1 aliphatic heterocycles. The molecule has 5 heteroatoms. The Kier molecular flexibility index (Phi) is 6.20. The molecule has 26 heavy (non-hydrogen) atoms. The molecule has 4 nitrogen and oxygen atoms in total. The fraction of sp³-hybridized carbons (Fsp3) is 0.476. The number of aliphatic imine (C=N–C) groups is 1. The first-order chi connectivity index (χ1) is 12.6. The first-order valence-corrected chi connectivity index (χ1v) is 10.3. The number of rotatable bonds is 5. The highest BCUT2D eigenvalue weighted by Gasteiger charge is 2.23. The summed E-state index contributed by atoms with van der Waals surface area (Å²) in [6, 6.07) is 15.5. The van der Waals surface area contributed by atoms with Gasteiger partial charge in [0, 0.05) is 38.1 Å². The van der Waals surface area contributed by atoms with Gasteiger partial charge in [-0.2, -0.15) is 0 Å². The maximum atomic E-state index is 4.43. The van der Waals surface area contributed by atoms with Crippen LogP contribution < -0.4 is 15.5 Å². The van der Waals surface area contributed by atoms with E-state index in [0.29, 0.717) is 6.04 Å². The molecule has 1 saturated heterocycles. The topological polar surface area (TPSA) is 39.7 Å². The first-order valence-electron chi connectivity index (χ1n) is 9.40. The van der Waals surface area contributed by atoms with Crippen molar-refractivity contribution >= 4 is 22.3 Å². The zero-order chi connectivity index (χ0) is 18.4. The maximum Gasteiger partial charge on any atom is 0.191 e. The van der Waals surface area contributed by atoms with Crippen LogP contribution in [0.1, 0.15) is 32.3 Å². The van der Waals surface area contributed by atoms with Crippen LogP contribution in [0.5, 0.6) is 0 Å². The van der Waals surface area contributed by atoms with Crippen molar-refractivity contribution < 1.29 is 0 Å². The number of nitrogens with one attached hydrogen (secondary N) is 2. The number of hydrogen-bond donors (Lipinski definition) is 2. The van der Waals surface area contributed by atoms with Crippen LogP contribution in [0.2, 0.25) is 0 Å². The lowest BCUT2D eigenvalue weighted by Gasteiger charge is -2.34. The van der Waals surface area contributed by atoms with Gasteiger partial charge in [-0.25, -0.2) is 0 Å². The molecule has 1 aliphatic rings. The second-order valence-corrected chi connectivity index (χ2v) is 8.46. The molecule has 3 rings (SSSR count). The largest absolute Gasteiger partial charge is 0.363 e. The van der Waals surface area contributed by atoms with Crippen LogP contribution in [0.15, 0.2) is 52.8 Å². The van der Waals surface area contributed by atoms with Crippen molar-refractivity contribution in [1.82, 2.24) is 10.6 Å². The SMILES string of the molecule is CN=C(NCC(C)(C)c1ccccc1)NC1CCN(c2cccs2)CC1. The first kappa shape index (κ1) is 18.8. The molecular formula is C21H30N4S. The van der Waals surface area contributed by atoms with Crippen LogP contribution in [-0.2, 0) is 5.41 Å². The predicted molar refractivity (Wildman–Crippen MR) is 114 cm³/mol. The van der Waals surface area contributed by atoms with Crippen molar-refractivity contribution in [3.05, 3.63) is 53.4 Å². The minimum atomic E-state index is 0.0570. The summed E-state index contributed by atoms with van der Waals surface area (Å²) in [6.07, 6.45) is 2.28. The number of thiophene rings is 1. The molecule has 0 unspecified atom stereocenters. The van der Waals surface area contributed by atoms with Crippen LogP contribution in [0.25, 0.3) is 0 Å². The molecule has 0 amide bonds. The Balaban J connectivity index is 1.48. The Morgan fingerprint density at radius 1 is 1.15 bits per heavy atom. The summed E-state index contributed by atoms with van der Waals surface area (Å²) < 4.78 is 0. The average molecular weight is 371 g/mol. The van der Waals surface area contributed by atoms with Crippen LogP contribution in [0.4, 0.5) is 5.00 Å². The molecule has 1 aromatic heterocycles. The molecule has 1 fully saturated rings. The van der Waals surface area contributed by atoms with Crippen molar-refractivity contribution in [1.29, 1.82) is 0 Å². The van der Waals surface area contributed by atoms with Crippen LogP contribution >= 0.6 is 11.3 Å². The highest BCUT2D eigenvalue weighted by Crippen LogP contribution is 2.25. The van der Waals surface area contributed by atoms with E-state index in [9.17, 15) is 0 Å². The van der Waals surface area contributed by atoms with E-state index >= 15 is 0 Å². The molecule has 2 N–H and O–H groups in total. The zero-order valence-electron chi connectivity index (χ0n) is 16.0. The smallest absolute Gasteiger partial charge is 0.191 e. The van der Waals surface area contributed by atoms with Gasteiger partial charge in [-0.1, -0.05) is 44.2 Å². The lowest BCUT2D eigenvalue weighted by Crippen LogP contribution is -2.50. The van der Waals surface area contributed by atoms with Crippen molar-refractivity contribution in [3.63, 3.8) is 0 Å². The third-order valence-corrected chi connectivity index (χ3v) is 6.06. The third kappa shape index (κ3) is 4.79. The molecule has 1 aromatic carbocycles. The summed E-state index contributed by atoms with van der Waals surface area (Å²) in [5, 5.41) is 10.7. The van der Waals surface area contributed by atoms with Gasteiger partial charge in [-0.3, -0.25) is 4.99 Å². The van der Waals surface area contributed by atoms with Crippen LogP contribution in [0.3, 0.4) is 0 Å². The Labute approximate surface area is 161 Å². The van der Waals surface area contributed by atoms with Gasteiger partial charge < -0.3 is 15.5 Å². The molecule has 0 bridgehead atoms. The molecule has 0 aliphatic carbocycles. The molecule has 0 saturated carbocycles. The van der Waals surface area contributed by atoms with E-state index in [4.69, 9.17) is 0 Å². The molecule has 2 aromatic rings. The normalized spacial score (nSPS) is 16.6. The van der Waals surface area contributed by atoms with E-state index in [1.807, 2.05) is 18.4 Å². The van der Waals surface area contributed by atoms with E-state index in [2.05, 4.69) is 82.2 Å². The fourth-order valence-corrected chi connectivity index (χ4v) is 4.16. The highest BCUT2D eigenvalue weighted by atomic mass is 32.1. The van der Waals surface area contributed by atoms with E-state index in [1.165, 1.54) is 10.6 Å². The van der Waals surface area contributed by atoms with Gasteiger partial charge in [0.1, 0.15) is 0 Å². The van der Waals surface area contributed by atoms with Gasteiger partial charge in [0.25, 0.3) is 0 Å². The zero-order valence-corrected chi connectivity index (χ0v) is 16.9. The van der Waals surface area contributed by atoms with Gasteiger partial charge in [0.05, 0.1) is 5.00 Å². The standard InChI is InChI=1S/C21H30N4S/c1-21(2,17-8-5-4-6-9-17)16-23-20(22-3)24-18-11-13-25(14-12-18)19-10-7-15-26-19/h4-10,15,18H,11-14,16H2,1-3H3,(H2,22,23,24). The number of guanidine groups is 1. The lowest BCUT2D eigenvalue weighted by molar-refractivity contribution is 0.455. The molecule has 0 radical (unpaired) electrons. The summed E-state index contributed by atoms with van der Waals surface area (Å²) in [6.45, 7) is 7.59. The molecule has 140 valence electrons. The molecule has 0 spiro atoms. The minimum Gasteiger partial charge on any atom is -0.363 e. The number of anilines is 1. The number of hydrogen-bond acceptors (Lipinski definition) is 3. The second kappa shape index (κ2) is 8.58. The highest BCUT2D eigenvalue weighted by molar-refractivity contribution is 7.14. The Morgan fingerprint density at radius 3 is 2.50 bits per heavy atom. The third-order valence-electron chi connectivity index (χ3n) is 5.13. The molecule has 0 atom stereocenters. The van der Waals surface area contributed by atoms with Crippen molar-refractivity contribution in [2.75, 3.05) is 31.6 Å². The van der Waals surface area contributed by atoms with E-state index < -0.39 is 0 Å². The Morgan fingerprint density at radius 2 is 1.88 bits per heavy atom. The number of benzene rings is 1. The Bertz CT molecular complexity index is 686. The fourth-order valence-electron chi connectivity index (χ4n) is 3.38. The van der Waals surface area contributed by atoms with E-state index in [1.54, 1.807) is 0 Å². The lowest BCUT2D eigenvalue weighted by atomic mass is 9.85. The number of nitrogens with zero attached hydrogens (tertiary/aromatic N) is 2. The minimum absolute atomic E-state index is 0.0570. The van der Waals surface area contributed by atoms with Gasteiger partial charge in [0.15, 0.2) is 5.96 Å². The van der Waals surface area contributed by atoms with Crippen molar-refractivity contribution in [2.45, 2.75) is 38.1 Å². The maximum absolute atomic E-state index is 4.43. The summed E-state index contributed by atoms with van der Waals surface area (Å²) in [5.74, 6) is 0.906. The van der Waals surface area contributed by atoms with Gasteiger partial charge in [0.2, 0.25) is 0 Å². The van der Waals surface area contributed by atoms with Gasteiger partial charge >= 0.3 is 0 Å². The number of piperidine rings is 1. The second-order valence-electron chi connectivity index (χ2n) is 7.53. The molecule has 2 heterocycles. The monoisotopic (exact) mass is 370 g/mol. The van der Waals surface area contributed by atoms with Crippen molar-refractivity contribution in [2.24, 2.45) is 4.99 Å².